The zero-order chi connectivity index (χ0) is 22.0. The molecule has 0 saturated carbocycles. The Balaban J connectivity index is 2.23. The first-order valence-electron chi connectivity index (χ1n) is 10.2. The lowest BCUT2D eigenvalue weighted by molar-refractivity contribution is -0.136. The van der Waals surface area contributed by atoms with E-state index in [4.69, 9.17) is 14.2 Å². The first-order valence-corrected chi connectivity index (χ1v) is 11.0. The fourth-order valence-electron chi connectivity index (χ4n) is 4.06. The number of halogens is 1. The summed E-state index contributed by atoms with van der Waals surface area (Å²) < 4.78 is 17.6. The normalized spacial score (nSPS) is 18.9. The van der Waals surface area contributed by atoms with Crippen LogP contribution in [0.1, 0.15) is 58.4 Å². The second kappa shape index (κ2) is 9.25. The van der Waals surface area contributed by atoms with E-state index in [1.54, 1.807) is 0 Å². The molecule has 1 heterocycles. The Morgan fingerprint density at radius 3 is 2.63 bits per heavy atom. The van der Waals surface area contributed by atoms with E-state index >= 15 is 0 Å². The Bertz CT molecular complexity index is 932. The van der Waals surface area contributed by atoms with Crippen LogP contribution in [0.4, 0.5) is 0 Å². The number of dihydropyridines is 1. The molecule has 1 aliphatic heterocycles. The Morgan fingerprint density at radius 2 is 2.00 bits per heavy atom. The highest BCUT2D eigenvalue weighted by Crippen LogP contribution is 2.47. The van der Waals surface area contributed by atoms with Gasteiger partial charge in [-0.2, -0.15) is 0 Å². The maximum absolute atomic E-state index is 13.0. The van der Waals surface area contributed by atoms with Gasteiger partial charge in [-0.15, -0.1) is 0 Å². The molecule has 1 aromatic carbocycles. The summed E-state index contributed by atoms with van der Waals surface area (Å²) in [7, 11) is 1.35. The summed E-state index contributed by atoms with van der Waals surface area (Å²) in [5.41, 5.74) is 3.43. The minimum Gasteiger partial charge on any atom is -0.490 e. The Kier molecular flexibility index (Phi) is 6.91. The summed E-state index contributed by atoms with van der Waals surface area (Å²) in [6.07, 6.45) is 2.01. The molecular weight excluding hydrogens is 450 g/mol. The van der Waals surface area contributed by atoms with Crippen LogP contribution in [0.25, 0.3) is 0 Å². The number of methoxy groups -OCH3 is 1. The molecule has 1 aromatic rings. The molecule has 1 aliphatic carbocycles. The average Bonchev–Trinajstić information content (AvgIpc) is 2.68. The van der Waals surface area contributed by atoms with Gasteiger partial charge in [-0.25, -0.2) is 4.79 Å². The van der Waals surface area contributed by atoms with Crippen molar-refractivity contribution in [3.8, 4) is 11.5 Å². The third-order valence-corrected chi connectivity index (χ3v) is 5.90. The van der Waals surface area contributed by atoms with Crippen LogP contribution in [0, 0.1) is 0 Å². The van der Waals surface area contributed by atoms with Gasteiger partial charge in [-0.3, -0.25) is 4.79 Å². The predicted octanol–water partition coefficient (Wildman–Crippen LogP) is 4.78. The van der Waals surface area contributed by atoms with Crippen molar-refractivity contribution in [1.82, 2.24) is 5.32 Å². The molecule has 7 heteroatoms. The molecule has 162 valence electrons. The number of carbonyl (C=O) groups excluding carboxylic acids is 2. The Hall–Kier alpha value is -2.28. The van der Waals surface area contributed by atoms with Crippen LogP contribution in [-0.4, -0.2) is 31.6 Å². The fourth-order valence-corrected chi connectivity index (χ4v) is 4.61. The largest absolute Gasteiger partial charge is 0.490 e. The monoisotopic (exact) mass is 477 g/mol. The number of benzene rings is 1. The summed E-state index contributed by atoms with van der Waals surface area (Å²) in [4.78, 5) is 25.7. The van der Waals surface area contributed by atoms with Crippen LogP contribution in [0.3, 0.4) is 0 Å². The summed E-state index contributed by atoms with van der Waals surface area (Å²) >= 11 is 3.65. The number of ketones is 1. The number of ether oxygens (including phenoxy) is 3. The Labute approximate surface area is 185 Å². The number of hydrogen-bond acceptors (Lipinski definition) is 6. The van der Waals surface area contributed by atoms with Crippen LogP contribution in [0.15, 0.2) is 39.1 Å². The van der Waals surface area contributed by atoms with Crippen LogP contribution in [-0.2, 0) is 14.3 Å². The van der Waals surface area contributed by atoms with E-state index in [2.05, 4.69) is 21.2 Å². The second-order valence-electron chi connectivity index (χ2n) is 7.68. The average molecular weight is 478 g/mol. The van der Waals surface area contributed by atoms with E-state index in [0.717, 1.165) is 28.6 Å². The minimum absolute atomic E-state index is 0.0251. The molecule has 0 unspecified atom stereocenters. The van der Waals surface area contributed by atoms with Crippen molar-refractivity contribution < 1.29 is 23.8 Å². The number of Topliss-reactive ketones (excluding diaryl/α,β-unsaturated/α-hetero) is 1. The van der Waals surface area contributed by atoms with Crippen molar-refractivity contribution in [2.24, 2.45) is 0 Å². The van der Waals surface area contributed by atoms with Crippen molar-refractivity contribution in [3.63, 3.8) is 0 Å². The molecule has 0 radical (unpaired) electrons. The zero-order valence-corrected chi connectivity index (χ0v) is 19.6. The maximum Gasteiger partial charge on any atom is 0.336 e. The van der Waals surface area contributed by atoms with E-state index in [9.17, 15) is 9.59 Å². The smallest absolute Gasteiger partial charge is 0.336 e. The molecule has 0 amide bonds. The van der Waals surface area contributed by atoms with Crippen molar-refractivity contribution in [1.29, 1.82) is 0 Å². The van der Waals surface area contributed by atoms with Gasteiger partial charge < -0.3 is 19.5 Å². The molecule has 0 fully saturated rings. The van der Waals surface area contributed by atoms with Gasteiger partial charge in [0, 0.05) is 33.8 Å². The van der Waals surface area contributed by atoms with Gasteiger partial charge in [0.05, 0.1) is 25.4 Å². The van der Waals surface area contributed by atoms with E-state index in [0.29, 0.717) is 41.4 Å². The third kappa shape index (κ3) is 4.26. The molecule has 0 saturated heterocycles. The number of esters is 1. The number of allylic oxidation sites excluding steroid dienone is 3. The molecule has 3 rings (SSSR count). The summed E-state index contributed by atoms with van der Waals surface area (Å²) in [6, 6.07) is 3.71. The fraction of sp³-hybridized carbons (Fsp3) is 0.478. The van der Waals surface area contributed by atoms with E-state index in [1.165, 1.54) is 7.11 Å². The predicted molar refractivity (Wildman–Crippen MR) is 118 cm³/mol. The minimum atomic E-state index is -0.539. The van der Waals surface area contributed by atoms with Gasteiger partial charge in [0.2, 0.25) is 0 Å². The number of rotatable bonds is 6. The first kappa shape index (κ1) is 22.4. The highest BCUT2D eigenvalue weighted by atomic mass is 79.9. The van der Waals surface area contributed by atoms with Crippen LogP contribution < -0.4 is 14.8 Å². The van der Waals surface area contributed by atoms with Gasteiger partial charge >= 0.3 is 5.97 Å². The summed E-state index contributed by atoms with van der Waals surface area (Å²) in [5, 5.41) is 3.28. The molecule has 1 N–H and O–H groups in total. The van der Waals surface area contributed by atoms with Gasteiger partial charge in [-0.05, 0) is 58.2 Å². The van der Waals surface area contributed by atoms with Gasteiger partial charge in [0.25, 0.3) is 0 Å². The second-order valence-corrected chi connectivity index (χ2v) is 8.53. The molecule has 0 bridgehead atoms. The van der Waals surface area contributed by atoms with Crippen LogP contribution in [0.2, 0.25) is 0 Å². The van der Waals surface area contributed by atoms with Crippen LogP contribution in [0.5, 0.6) is 11.5 Å². The molecule has 2 aliphatic rings. The van der Waals surface area contributed by atoms with Crippen molar-refractivity contribution in [3.05, 3.63) is 44.7 Å². The molecule has 1 atom stereocenters. The number of hydrogen-bond donors (Lipinski definition) is 1. The summed E-state index contributed by atoms with van der Waals surface area (Å²) in [6.45, 7) is 8.11. The van der Waals surface area contributed by atoms with Crippen LogP contribution >= 0.6 is 15.9 Å². The van der Waals surface area contributed by atoms with Gasteiger partial charge in [0.15, 0.2) is 17.3 Å². The van der Waals surface area contributed by atoms with Gasteiger partial charge in [0.1, 0.15) is 0 Å². The molecule has 0 spiro atoms. The molecule has 30 heavy (non-hydrogen) atoms. The van der Waals surface area contributed by atoms with Crippen molar-refractivity contribution in [2.45, 2.75) is 59.0 Å². The van der Waals surface area contributed by atoms with E-state index in [1.807, 2.05) is 39.8 Å². The lowest BCUT2D eigenvalue weighted by Crippen LogP contribution is -2.34. The highest BCUT2D eigenvalue weighted by molar-refractivity contribution is 9.10. The first-order chi connectivity index (χ1) is 14.3. The van der Waals surface area contributed by atoms with Crippen molar-refractivity contribution >= 4 is 27.7 Å². The molecule has 0 aromatic heterocycles. The quantitative estimate of drug-likeness (QED) is 0.594. The highest BCUT2D eigenvalue weighted by Gasteiger charge is 2.40. The van der Waals surface area contributed by atoms with E-state index < -0.39 is 11.9 Å². The number of nitrogens with one attached hydrogen (secondary N) is 1. The topological polar surface area (TPSA) is 73.9 Å². The third-order valence-electron chi connectivity index (χ3n) is 5.22. The molecule has 6 nitrogen and oxygen atoms in total. The number of carbonyl (C=O) groups is 2. The maximum atomic E-state index is 13.0. The summed E-state index contributed by atoms with van der Waals surface area (Å²) in [5.74, 6) is 0.247. The zero-order valence-electron chi connectivity index (χ0n) is 18.1. The molecular formula is C23H28BrNO5. The lowest BCUT2D eigenvalue weighted by Gasteiger charge is -2.34. The standard InChI is InChI=1S/C23H28BrNO5/c1-6-29-18-10-14(15(24)11-19(18)30-12(2)3)21-20(23(27)28-5)13(4)25-16-8-7-9-17(26)22(16)21/h10-12,21,25H,6-9H2,1-5H3/t21-/m1/s1. The van der Waals surface area contributed by atoms with Crippen molar-refractivity contribution in [2.75, 3.05) is 13.7 Å². The Morgan fingerprint density at radius 1 is 1.27 bits per heavy atom. The SMILES string of the molecule is CCOc1cc([C@@H]2C(C(=O)OC)=C(C)NC3=C2C(=O)CCC3)c(Br)cc1OC(C)C. The van der Waals surface area contributed by atoms with E-state index in [-0.39, 0.29) is 11.9 Å². The van der Waals surface area contributed by atoms with Gasteiger partial charge in [-0.1, -0.05) is 15.9 Å². The lowest BCUT2D eigenvalue weighted by atomic mass is 9.75.